The first-order valence-corrected chi connectivity index (χ1v) is 8.87. The van der Waals surface area contributed by atoms with Gasteiger partial charge in [-0.25, -0.2) is 4.39 Å². The average molecular weight is 407 g/mol. The van der Waals surface area contributed by atoms with Crippen molar-refractivity contribution >= 4 is 23.4 Å². The number of carbonyl (C=O) groups excluding carboxylic acids is 2. The third-order valence-corrected chi connectivity index (χ3v) is 3.87. The molecule has 0 saturated carbocycles. The summed E-state index contributed by atoms with van der Waals surface area (Å²) in [5.74, 6) is -1.05. The van der Waals surface area contributed by atoms with Crippen LogP contribution in [0.15, 0.2) is 67.3 Å². The maximum Gasteiger partial charge on any atom is 0.257 e. The molecule has 0 radical (unpaired) electrons. The molecule has 1 aromatic carbocycles. The number of hydrogen-bond donors (Lipinski definition) is 1. The summed E-state index contributed by atoms with van der Waals surface area (Å²) in [6.45, 7) is 11.5. The Bertz CT molecular complexity index is 790. The molecule has 7 heteroatoms. The highest BCUT2D eigenvalue weighted by atomic mass is 35.5. The van der Waals surface area contributed by atoms with Gasteiger partial charge in [0.25, 0.3) is 5.91 Å². The summed E-state index contributed by atoms with van der Waals surface area (Å²) >= 11 is 5.58. The van der Waals surface area contributed by atoms with Gasteiger partial charge in [-0.3, -0.25) is 9.59 Å². The van der Waals surface area contributed by atoms with Gasteiger partial charge in [-0.15, -0.1) is 0 Å². The molecular weight excluding hydrogens is 383 g/mol. The van der Waals surface area contributed by atoms with Crippen LogP contribution in [0, 0.1) is 5.82 Å². The lowest BCUT2D eigenvalue weighted by Gasteiger charge is -2.18. The summed E-state index contributed by atoms with van der Waals surface area (Å²) in [5.41, 5.74) is 1.12. The molecule has 0 aliphatic heterocycles. The van der Waals surface area contributed by atoms with Crippen molar-refractivity contribution in [2.24, 2.45) is 0 Å². The van der Waals surface area contributed by atoms with Gasteiger partial charge in [0.15, 0.2) is 6.61 Å². The smallest absolute Gasteiger partial charge is 0.257 e. The Hall–Kier alpha value is -2.86. The Morgan fingerprint density at radius 2 is 2.07 bits per heavy atom. The highest BCUT2D eigenvalue weighted by molar-refractivity contribution is 6.30. The highest BCUT2D eigenvalue weighted by Gasteiger charge is 2.13. The fraction of sp³-hybridized carbons (Fsp3) is 0.238. The van der Waals surface area contributed by atoms with Crippen molar-refractivity contribution in [1.82, 2.24) is 10.2 Å². The Morgan fingerprint density at radius 1 is 1.36 bits per heavy atom. The fourth-order valence-corrected chi connectivity index (χ4v) is 2.25. The van der Waals surface area contributed by atoms with Gasteiger partial charge in [0.05, 0.1) is 5.02 Å². The van der Waals surface area contributed by atoms with Crippen molar-refractivity contribution in [1.29, 1.82) is 0 Å². The lowest BCUT2D eigenvalue weighted by atomic mass is 10.1. The van der Waals surface area contributed by atoms with Crippen molar-refractivity contribution in [3.63, 3.8) is 0 Å². The lowest BCUT2D eigenvalue weighted by molar-refractivity contribution is -0.126. The van der Waals surface area contributed by atoms with Crippen LogP contribution in [0.5, 0.6) is 5.75 Å². The van der Waals surface area contributed by atoms with E-state index in [2.05, 4.69) is 25.1 Å². The van der Waals surface area contributed by atoms with Crippen LogP contribution < -0.4 is 10.1 Å². The van der Waals surface area contributed by atoms with E-state index in [1.807, 2.05) is 0 Å². The molecule has 2 amide bonds. The minimum Gasteiger partial charge on any atom is -0.484 e. The minimum atomic E-state index is -0.624. The Balaban J connectivity index is 2.33. The van der Waals surface area contributed by atoms with Crippen LogP contribution in [0.4, 0.5) is 4.39 Å². The molecule has 1 N–H and O–H groups in total. The molecule has 0 aromatic heterocycles. The molecule has 0 aliphatic carbocycles. The van der Waals surface area contributed by atoms with Gasteiger partial charge < -0.3 is 15.0 Å². The topological polar surface area (TPSA) is 58.6 Å². The fourth-order valence-electron chi connectivity index (χ4n) is 2.13. The molecule has 0 aliphatic rings. The molecule has 150 valence electrons. The van der Waals surface area contributed by atoms with Gasteiger partial charge in [-0.2, -0.15) is 0 Å². The maximum absolute atomic E-state index is 13.3. The Morgan fingerprint density at radius 3 is 2.71 bits per heavy atom. The van der Waals surface area contributed by atoms with E-state index < -0.39 is 11.7 Å². The number of halogens is 2. The van der Waals surface area contributed by atoms with Crippen LogP contribution >= 0.6 is 11.6 Å². The van der Waals surface area contributed by atoms with E-state index in [1.54, 1.807) is 25.3 Å². The monoisotopic (exact) mass is 406 g/mol. The van der Waals surface area contributed by atoms with Gasteiger partial charge in [-0.1, -0.05) is 49.6 Å². The number of nitrogens with one attached hydrogen (secondary N) is 1. The zero-order valence-corrected chi connectivity index (χ0v) is 16.6. The Labute approximate surface area is 169 Å². The molecule has 28 heavy (non-hydrogen) atoms. The zero-order chi connectivity index (χ0) is 21.1. The van der Waals surface area contributed by atoms with Crippen molar-refractivity contribution < 1.29 is 18.7 Å². The second-order valence-corrected chi connectivity index (χ2v) is 6.39. The lowest BCUT2D eigenvalue weighted by Crippen LogP contribution is -2.33. The number of likely N-dealkylation sites (N-methyl/N-ethyl adjacent to an activating group) is 1. The van der Waals surface area contributed by atoms with E-state index in [9.17, 15) is 14.0 Å². The van der Waals surface area contributed by atoms with Crippen LogP contribution in [0.2, 0.25) is 5.02 Å². The number of amides is 2. The van der Waals surface area contributed by atoms with Gasteiger partial charge in [0.1, 0.15) is 11.6 Å². The summed E-state index contributed by atoms with van der Waals surface area (Å²) in [4.78, 5) is 25.5. The van der Waals surface area contributed by atoms with Crippen molar-refractivity contribution in [3.05, 3.63) is 78.2 Å². The second kappa shape index (κ2) is 11.8. The number of benzene rings is 1. The molecule has 0 heterocycles. The number of rotatable bonds is 11. The van der Waals surface area contributed by atoms with Crippen LogP contribution in [0.25, 0.3) is 0 Å². The molecule has 0 spiro atoms. The van der Waals surface area contributed by atoms with Gasteiger partial charge >= 0.3 is 0 Å². The summed E-state index contributed by atoms with van der Waals surface area (Å²) in [6, 6.07) is 3.91. The zero-order valence-electron chi connectivity index (χ0n) is 15.8. The van der Waals surface area contributed by atoms with E-state index in [4.69, 9.17) is 16.3 Å². The van der Waals surface area contributed by atoms with E-state index in [1.165, 1.54) is 17.0 Å². The predicted molar refractivity (Wildman–Crippen MR) is 110 cm³/mol. The maximum atomic E-state index is 13.3. The third-order valence-electron chi connectivity index (χ3n) is 3.57. The van der Waals surface area contributed by atoms with Gasteiger partial charge in [-0.05, 0) is 24.1 Å². The van der Waals surface area contributed by atoms with Crippen LogP contribution in [0.3, 0.4) is 0 Å². The molecule has 0 fully saturated rings. The van der Waals surface area contributed by atoms with Crippen molar-refractivity contribution in [3.8, 4) is 5.75 Å². The predicted octanol–water partition coefficient (Wildman–Crippen LogP) is 3.68. The number of hydrogen-bond acceptors (Lipinski definition) is 3. The minimum absolute atomic E-state index is 0.0229. The normalized spacial score (nSPS) is 10.4. The number of carbonyl (C=O) groups is 2. The molecule has 1 aromatic rings. The highest BCUT2D eigenvalue weighted by Crippen LogP contribution is 2.20. The number of allylic oxidation sites excluding steroid dienone is 2. The summed E-state index contributed by atoms with van der Waals surface area (Å²) in [7, 11) is 1.65. The summed E-state index contributed by atoms with van der Waals surface area (Å²) in [5, 5.41) is 2.59. The van der Waals surface area contributed by atoms with E-state index in [-0.39, 0.29) is 29.8 Å². The summed E-state index contributed by atoms with van der Waals surface area (Å²) in [6.07, 6.45) is 5.43. The standard InChI is InChI=1S/C21H24ClFN2O3/c1-5-6-7-15(2)13-25(4)21(27)16(3)10-11-24-20(26)14-28-17-8-9-18(22)19(23)12-17/h5-9,12H,1-3,10-11,13-14H2,4H3,(H,24,26)/b7-6-. The Kier molecular flexibility index (Phi) is 9.74. The third kappa shape index (κ3) is 8.22. The molecule has 1 rings (SSSR count). The SMILES string of the molecule is C=C/C=C\C(=C)CN(C)C(=O)C(=C)CCNC(=O)COc1ccc(Cl)c(F)c1. The molecule has 0 bridgehead atoms. The second-order valence-electron chi connectivity index (χ2n) is 5.98. The first kappa shape index (κ1) is 23.2. The van der Waals surface area contributed by atoms with E-state index >= 15 is 0 Å². The molecule has 0 atom stereocenters. The quantitative estimate of drug-likeness (QED) is 0.450. The largest absolute Gasteiger partial charge is 0.484 e. The molecule has 5 nitrogen and oxygen atoms in total. The molecular formula is C21H24ClFN2O3. The van der Waals surface area contributed by atoms with Crippen molar-refractivity contribution in [2.75, 3.05) is 26.7 Å². The van der Waals surface area contributed by atoms with Crippen LogP contribution in [-0.4, -0.2) is 43.5 Å². The summed E-state index contributed by atoms with van der Waals surface area (Å²) < 4.78 is 18.5. The van der Waals surface area contributed by atoms with E-state index in [0.717, 1.165) is 11.6 Å². The van der Waals surface area contributed by atoms with E-state index in [0.29, 0.717) is 18.5 Å². The van der Waals surface area contributed by atoms with Gasteiger partial charge in [0.2, 0.25) is 5.91 Å². The van der Waals surface area contributed by atoms with Crippen molar-refractivity contribution in [2.45, 2.75) is 6.42 Å². The average Bonchev–Trinajstić information content (AvgIpc) is 2.66. The molecule has 0 saturated heterocycles. The first-order chi connectivity index (χ1) is 13.2. The van der Waals surface area contributed by atoms with Crippen LogP contribution in [-0.2, 0) is 9.59 Å². The number of ether oxygens (including phenoxy) is 1. The van der Waals surface area contributed by atoms with Crippen LogP contribution in [0.1, 0.15) is 6.42 Å². The number of nitrogens with zero attached hydrogens (tertiary/aromatic N) is 1. The molecule has 0 unspecified atom stereocenters. The van der Waals surface area contributed by atoms with Gasteiger partial charge in [0, 0.05) is 31.8 Å². The first-order valence-electron chi connectivity index (χ1n) is 8.49.